The molecule has 242 valence electrons. The van der Waals surface area contributed by atoms with Crippen LogP contribution in [0.4, 0.5) is 0 Å². The lowest BCUT2D eigenvalue weighted by molar-refractivity contribution is -0.133. The molecule has 0 N–H and O–H groups in total. The van der Waals surface area contributed by atoms with Gasteiger partial charge in [-0.2, -0.15) is 0 Å². The van der Waals surface area contributed by atoms with E-state index in [1.54, 1.807) is 23.3 Å². The van der Waals surface area contributed by atoms with Gasteiger partial charge < -0.3 is 9.47 Å². The van der Waals surface area contributed by atoms with Gasteiger partial charge in [-0.25, -0.2) is 0 Å². The number of allylic oxidation sites excluding steroid dienone is 4. The minimum atomic E-state index is -0.346. The highest BCUT2D eigenvalue weighted by Crippen LogP contribution is 2.62. The van der Waals surface area contributed by atoms with Gasteiger partial charge in [-0.1, -0.05) is 78.2 Å². The van der Waals surface area contributed by atoms with Crippen molar-refractivity contribution < 1.29 is 19.1 Å². The highest BCUT2D eigenvalue weighted by Gasteiger charge is 2.52. The van der Waals surface area contributed by atoms with Crippen LogP contribution in [0.5, 0.6) is 11.5 Å². The van der Waals surface area contributed by atoms with E-state index in [2.05, 4.69) is 60.6 Å². The molecule has 1 aromatic carbocycles. The SMILES string of the molecule is CC(=O)Oc1ccc(OC(C)=O)c(C[C@@]2(C)C3CCC[C@@](C)(CC[C@@]4(C)C5=CCCC(C)(C)[C@H]5CC[C@@H]4C)C3=CC[C@H]2C)c1. The van der Waals surface area contributed by atoms with E-state index in [0.29, 0.717) is 28.7 Å². The average Bonchev–Trinajstić information content (AvgIpc) is 2.93. The minimum Gasteiger partial charge on any atom is -0.427 e. The van der Waals surface area contributed by atoms with Crippen LogP contribution in [-0.2, 0) is 16.0 Å². The monoisotopic (exact) mass is 602 g/mol. The number of hydrogen-bond acceptors (Lipinski definition) is 4. The summed E-state index contributed by atoms with van der Waals surface area (Å²) in [5.41, 5.74) is 5.29. The standard InChI is InChI=1S/C40H58O4/c1-26-14-17-32-34(12-10-20-37(32,5)6)39(26,8)23-22-38(7)21-11-13-35-33(38)18-15-27(2)40(35,9)25-30-24-31(43-28(3)41)16-19-36(30)44-29(4)42/h12,16,18-19,24,26-27,32,35H,10-11,13-15,17,20-23,25H2,1-9H3/t26-,27+,32-,35?,38-,39+,40+/m0/s1. The molecule has 0 radical (unpaired) electrons. The summed E-state index contributed by atoms with van der Waals surface area (Å²) >= 11 is 0. The van der Waals surface area contributed by atoms with Crippen molar-refractivity contribution in [2.24, 2.45) is 45.3 Å². The number of esters is 2. The first-order chi connectivity index (χ1) is 20.6. The molecule has 44 heavy (non-hydrogen) atoms. The molecule has 0 bridgehead atoms. The van der Waals surface area contributed by atoms with Gasteiger partial charge in [-0.15, -0.1) is 0 Å². The molecule has 0 spiro atoms. The molecule has 4 aliphatic carbocycles. The molecule has 0 saturated heterocycles. The molecule has 0 aromatic heterocycles. The van der Waals surface area contributed by atoms with E-state index in [0.717, 1.165) is 30.2 Å². The van der Waals surface area contributed by atoms with Crippen molar-refractivity contribution >= 4 is 11.9 Å². The van der Waals surface area contributed by atoms with Crippen LogP contribution in [0.15, 0.2) is 41.5 Å². The maximum Gasteiger partial charge on any atom is 0.308 e. The highest BCUT2D eigenvalue weighted by atomic mass is 16.5. The van der Waals surface area contributed by atoms with Crippen LogP contribution in [-0.4, -0.2) is 11.9 Å². The molecule has 4 aliphatic rings. The first-order valence-electron chi connectivity index (χ1n) is 17.5. The Morgan fingerprint density at radius 3 is 2.25 bits per heavy atom. The van der Waals surface area contributed by atoms with E-state index in [1.807, 2.05) is 6.07 Å². The van der Waals surface area contributed by atoms with E-state index in [9.17, 15) is 9.59 Å². The van der Waals surface area contributed by atoms with E-state index in [1.165, 1.54) is 71.6 Å². The average molecular weight is 603 g/mol. The van der Waals surface area contributed by atoms with Crippen molar-refractivity contribution in [2.45, 2.75) is 133 Å². The Labute approximate surface area is 267 Å². The zero-order valence-electron chi connectivity index (χ0n) is 29.1. The first kappa shape index (κ1) is 33.0. The summed E-state index contributed by atoms with van der Waals surface area (Å²) in [6.07, 6.45) is 18.6. The van der Waals surface area contributed by atoms with Gasteiger partial charge in [-0.05, 0) is 133 Å². The third-order valence-corrected chi connectivity index (χ3v) is 13.3. The quantitative estimate of drug-likeness (QED) is 0.177. The molecule has 4 heteroatoms. The van der Waals surface area contributed by atoms with E-state index < -0.39 is 0 Å². The number of hydrogen-bond donors (Lipinski definition) is 0. The van der Waals surface area contributed by atoms with Gasteiger partial charge in [0, 0.05) is 13.8 Å². The predicted molar refractivity (Wildman–Crippen MR) is 179 cm³/mol. The Hall–Kier alpha value is -2.36. The zero-order chi connectivity index (χ0) is 32.1. The fourth-order valence-corrected chi connectivity index (χ4v) is 10.0. The number of fused-ring (bicyclic) bond motifs is 2. The fraction of sp³-hybridized carbons (Fsp3) is 0.700. The van der Waals surface area contributed by atoms with Crippen LogP contribution in [0, 0.1) is 45.3 Å². The van der Waals surface area contributed by atoms with Gasteiger partial charge in [0.2, 0.25) is 0 Å². The molecule has 1 aromatic rings. The molecule has 5 rings (SSSR count). The Kier molecular flexibility index (Phi) is 9.08. The Bertz CT molecular complexity index is 1330. The molecule has 0 amide bonds. The lowest BCUT2D eigenvalue weighted by Crippen LogP contribution is -2.47. The Morgan fingerprint density at radius 2 is 1.55 bits per heavy atom. The molecular formula is C40H58O4. The summed E-state index contributed by atoms with van der Waals surface area (Å²) in [5, 5.41) is 0. The predicted octanol–water partition coefficient (Wildman–Crippen LogP) is 10.4. The van der Waals surface area contributed by atoms with Gasteiger partial charge >= 0.3 is 11.9 Å². The second-order valence-electron chi connectivity index (χ2n) is 16.6. The van der Waals surface area contributed by atoms with Gasteiger partial charge in [0.05, 0.1) is 0 Å². The van der Waals surface area contributed by atoms with Gasteiger partial charge in [0.1, 0.15) is 11.5 Å². The number of carbonyl (C=O) groups is 2. The van der Waals surface area contributed by atoms with Crippen molar-refractivity contribution in [2.75, 3.05) is 0 Å². The van der Waals surface area contributed by atoms with Crippen LogP contribution < -0.4 is 9.47 Å². The van der Waals surface area contributed by atoms with Gasteiger partial charge in [-0.3, -0.25) is 9.59 Å². The van der Waals surface area contributed by atoms with Gasteiger partial charge in [0.25, 0.3) is 0 Å². The van der Waals surface area contributed by atoms with Crippen molar-refractivity contribution in [3.05, 3.63) is 47.1 Å². The Morgan fingerprint density at radius 1 is 0.818 bits per heavy atom. The summed E-state index contributed by atoms with van der Waals surface area (Å²) < 4.78 is 11.2. The van der Waals surface area contributed by atoms with Crippen LogP contribution >= 0.6 is 0 Å². The van der Waals surface area contributed by atoms with Crippen LogP contribution in [0.2, 0.25) is 0 Å². The third kappa shape index (κ3) is 6.08. The molecule has 2 fully saturated rings. The maximum absolute atomic E-state index is 12.0. The summed E-state index contributed by atoms with van der Waals surface area (Å²) in [6.45, 7) is 20.4. The second-order valence-corrected chi connectivity index (χ2v) is 16.6. The molecule has 7 atom stereocenters. The molecule has 4 nitrogen and oxygen atoms in total. The molecule has 2 saturated carbocycles. The molecule has 0 aliphatic heterocycles. The summed E-state index contributed by atoms with van der Waals surface area (Å²) in [4.78, 5) is 23.8. The molecular weight excluding hydrogens is 544 g/mol. The third-order valence-electron chi connectivity index (χ3n) is 13.3. The zero-order valence-corrected chi connectivity index (χ0v) is 29.1. The summed E-state index contributed by atoms with van der Waals surface area (Å²) in [7, 11) is 0. The van der Waals surface area contributed by atoms with E-state index >= 15 is 0 Å². The fourth-order valence-electron chi connectivity index (χ4n) is 10.0. The maximum atomic E-state index is 12.0. The topological polar surface area (TPSA) is 52.6 Å². The van der Waals surface area contributed by atoms with Crippen molar-refractivity contribution in [3.63, 3.8) is 0 Å². The van der Waals surface area contributed by atoms with Gasteiger partial charge in [0.15, 0.2) is 0 Å². The van der Waals surface area contributed by atoms with Crippen molar-refractivity contribution in [1.29, 1.82) is 0 Å². The summed E-state index contributed by atoms with van der Waals surface area (Å²) in [6, 6.07) is 5.42. The van der Waals surface area contributed by atoms with Crippen LogP contribution in [0.1, 0.15) is 132 Å². The lowest BCUT2D eigenvalue weighted by atomic mass is 9.48. The highest BCUT2D eigenvalue weighted by molar-refractivity contribution is 5.71. The minimum absolute atomic E-state index is 0.00143. The normalized spacial score (nSPS) is 36.3. The van der Waals surface area contributed by atoms with Crippen LogP contribution in [0.25, 0.3) is 0 Å². The molecule has 0 heterocycles. The smallest absolute Gasteiger partial charge is 0.308 e. The first-order valence-corrected chi connectivity index (χ1v) is 17.5. The number of ether oxygens (including phenoxy) is 2. The number of rotatable bonds is 7. The van der Waals surface area contributed by atoms with E-state index in [-0.39, 0.29) is 28.2 Å². The molecule has 1 unspecified atom stereocenters. The van der Waals surface area contributed by atoms with Crippen molar-refractivity contribution in [3.8, 4) is 11.5 Å². The summed E-state index contributed by atoms with van der Waals surface area (Å²) in [5.74, 6) is 2.82. The largest absolute Gasteiger partial charge is 0.427 e. The number of carbonyl (C=O) groups excluding carboxylic acids is 2. The van der Waals surface area contributed by atoms with Crippen LogP contribution in [0.3, 0.4) is 0 Å². The lowest BCUT2D eigenvalue weighted by Gasteiger charge is -2.56. The second kappa shape index (κ2) is 12.1. The number of benzene rings is 1. The Balaban J connectivity index is 1.43. The van der Waals surface area contributed by atoms with Crippen molar-refractivity contribution in [1.82, 2.24) is 0 Å². The van der Waals surface area contributed by atoms with E-state index in [4.69, 9.17) is 9.47 Å².